The topological polar surface area (TPSA) is 43.4 Å². The van der Waals surface area contributed by atoms with Crippen LogP contribution in [0.15, 0.2) is 12.2 Å². The molecule has 0 aromatic rings. The molecule has 3 nitrogen and oxygen atoms in total. The Hall–Kier alpha value is -1.12. The van der Waals surface area contributed by atoms with Crippen LogP contribution in [-0.2, 0) is 14.3 Å². The first-order valence-corrected chi connectivity index (χ1v) is 6.86. The molecule has 0 bridgehead atoms. The molecule has 5 atom stereocenters. The van der Waals surface area contributed by atoms with Gasteiger partial charge in [0.05, 0.1) is 0 Å². The maximum atomic E-state index is 12.2. The Kier molecular flexibility index (Phi) is 2.45. The van der Waals surface area contributed by atoms with Crippen molar-refractivity contribution in [1.82, 2.24) is 0 Å². The quantitative estimate of drug-likeness (QED) is 0.488. The zero-order valence-corrected chi connectivity index (χ0v) is 11.1. The number of esters is 1. The van der Waals surface area contributed by atoms with E-state index in [0.717, 1.165) is 19.3 Å². The van der Waals surface area contributed by atoms with Gasteiger partial charge in [0, 0.05) is 23.3 Å². The van der Waals surface area contributed by atoms with Crippen molar-refractivity contribution in [2.24, 2.45) is 23.2 Å². The monoisotopic (exact) mass is 248 g/mol. The maximum Gasteiger partial charge on any atom is 0.334 e. The van der Waals surface area contributed by atoms with Crippen LogP contribution in [0.3, 0.4) is 0 Å². The molecule has 98 valence electrons. The van der Waals surface area contributed by atoms with E-state index in [4.69, 9.17) is 4.74 Å². The van der Waals surface area contributed by atoms with Crippen molar-refractivity contribution in [3.8, 4) is 0 Å². The normalized spacial score (nSPS) is 47.6. The minimum atomic E-state index is -0.268. The van der Waals surface area contributed by atoms with Gasteiger partial charge in [0.1, 0.15) is 11.9 Å². The molecule has 1 aliphatic heterocycles. The molecule has 3 aliphatic rings. The first-order chi connectivity index (χ1) is 8.43. The Morgan fingerprint density at radius 1 is 1.39 bits per heavy atom. The molecule has 0 spiro atoms. The highest BCUT2D eigenvalue weighted by Crippen LogP contribution is 2.55. The summed E-state index contributed by atoms with van der Waals surface area (Å²) in [5, 5.41) is 0. The number of ketones is 1. The van der Waals surface area contributed by atoms with Crippen molar-refractivity contribution in [3.05, 3.63) is 12.2 Å². The Morgan fingerprint density at radius 3 is 2.83 bits per heavy atom. The molecule has 0 amide bonds. The Morgan fingerprint density at radius 2 is 2.11 bits per heavy atom. The smallest absolute Gasteiger partial charge is 0.334 e. The lowest BCUT2D eigenvalue weighted by Gasteiger charge is -2.32. The van der Waals surface area contributed by atoms with E-state index in [9.17, 15) is 9.59 Å². The van der Waals surface area contributed by atoms with Gasteiger partial charge in [-0.05, 0) is 31.1 Å². The molecule has 3 fully saturated rings. The van der Waals surface area contributed by atoms with Gasteiger partial charge >= 0.3 is 5.97 Å². The van der Waals surface area contributed by atoms with Gasteiger partial charge in [-0.3, -0.25) is 4.79 Å². The maximum absolute atomic E-state index is 12.2. The number of hydrogen-bond donors (Lipinski definition) is 0. The molecule has 0 aromatic heterocycles. The summed E-state index contributed by atoms with van der Waals surface area (Å²) in [5.41, 5.74) is 0.309. The van der Waals surface area contributed by atoms with Gasteiger partial charge in [-0.1, -0.05) is 20.4 Å². The van der Waals surface area contributed by atoms with Crippen molar-refractivity contribution < 1.29 is 14.3 Å². The van der Waals surface area contributed by atoms with Crippen molar-refractivity contribution in [3.63, 3.8) is 0 Å². The Bertz CT molecular complexity index is 439. The SMILES string of the molecule is C=C1C(=O)O[C@@H]2C[C@@H](C)[C@@H]3CCC(=O)[C@@]3(C)C[C@H]12. The van der Waals surface area contributed by atoms with Crippen LogP contribution in [0.2, 0.25) is 0 Å². The average molecular weight is 248 g/mol. The number of fused-ring (bicyclic) bond motifs is 2. The van der Waals surface area contributed by atoms with Gasteiger partial charge in [0.15, 0.2) is 0 Å². The van der Waals surface area contributed by atoms with Crippen LogP contribution in [0.4, 0.5) is 0 Å². The highest BCUT2D eigenvalue weighted by Gasteiger charge is 2.55. The summed E-state index contributed by atoms with van der Waals surface area (Å²) in [6.45, 7) is 8.15. The second-order valence-electron chi connectivity index (χ2n) is 6.48. The summed E-state index contributed by atoms with van der Waals surface area (Å²) in [7, 11) is 0. The third kappa shape index (κ3) is 1.42. The number of ether oxygens (including phenoxy) is 1. The summed E-state index contributed by atoms with van der Waals surface area (Å²) in [6, 6.07) is 0. The molecule has 0 radical (unpaired) electrons. The molecule has 2 saturated carbocycles. The molecular weight excluding hydrogens is 228 g/mol. The van der Waals surface area contributed by atoms with Crippen LogP contribution < -0.4 is 0 Å². The van der Waals surface area contributed by atoms with E-state index in [1.54, 1.807) is 0 Å². The zero-order chi connectivity index (χ0) is 13.1. The van der Waals surface area contributed by atoms with Crippen LogP contribution in [0.5, 0.6) is 0 Å². The fourth-order valence-corrected chi connectivity index (χ4v) is 4.40. The summed E-state index contributed by atoms with van der Waals surface area (Å²) in [5.74, 6) is 1.05. The minimum absolute atomic E-state index is 0.0461. The fraction of sp³-hybridized carbons (Fsp3) is 0.733. The van der Waals surface area contributed by atoms with Gasteiger partial charge in [-0.2, -0.15) is 0 Å². The first kappa shape index (κ1) is 11.9. The molecular formula is C15H20O3. The standard InChI is InChI=1S/C15H20O3/c1-8-6-12-10(9(2)14(17)18-12)7-15(3)11(8)4-5-13(15)16/h8,10-12H,2,4-7H2,1,3H3/t8-,10-,11+,12-,15+/m1/s1. The van der Waals surface area contributed by atoms with E-state index in [-0.39, 0.29) is 23.4 Å². The van der Waals surface area contributed by atoms with Crippen LogP contribution in [0, 0.1) is 23.2 Å². The first-order valence-electron chi connectivity index (χ1n) is 6.86. The Labute approximate surface area is 108 Å². The lowest BCUT2D eigenvalue weighted by molar-refractivity contribution is -0.139. The zero-order valence-electron chi connectivity index (χ0n) is 11.1. The largest absolute Gasteiger partial charge is 0.458 e. The minimum Gasteiger partial charge on any atom is -0.458 e. The fourth-order valence-electron chi connectivity index (χ4n) is 4.40. The number of Topliss-reactive ketones (excluding diaryl/α,β-unsaturated/α-hetero) is 1. The van der Waals surface area contributed by atoms with Crippen molar-refractivity contribution in [1.29, 1.82) is 0 Å². The van der Waals surface area contributed by atoms with Crippen molar-refractivity contribution >= 4 is 11.8 Å². The van der Waals surface area contributed by atoms with E-state index in [1.807, 2.05) is 0 Å². The third-order valence-electron chi connectivity index (χ3n) is 5.49. The van der Waals surface area contributed by atoms with Crippen LogP contribution in [0.1, 0.15) is 39.5 Å². The van der Waals surface area contributed by atoms with Crippen LogP contribution >= 0.6 is 0 Å². The highest BCUT2D eigenvalue weighted by atomic mass is 16.6. The Balaban J connectivity index is 1.98. The predicted octanol–water partition coefficient (Wildman–Crippen LogP) is 2.50. The molecule has 3 heteroatoms. The molecule has 18 heavy (non-hydrogen) atoms. The molecule has 1 saturated heterocycles. The molecule has 0 aromatic carbocycles. The van der Waals surface area contributed by atoms with Crippen molar-refractivity contribution in [2.75, 3.05) is 0 Å². The lowest BCUT2D eigenvalue weighted by Crippen LogP contribution is -2.32. The predicted molar refractivity (Wildman–Crippen MR) is 66.7 cm³/mol. The van der Waals surface area contributed by atoms with Gasteiger partial charge in [0.2, 0.25) is 0 Å². The van der Waals surface area contributed by atoms with Gasteiger partial charge in [0.25, 0.3) is 0 Å². The van der Waals surface area contributed by atoms with Crippen molar-refractivity contribution in [2.45, 2.75) is 45.6 Å². The van der Waals surface area contributed by atoms with E-state index in [0.29, 0.717) is 29.6 Å². The second-order valence-corrected chi connectivity index (χ2v) is 6.48. The molecule has 1 heterocycles. The summed E-state index contributed by atoms with van der Waals surface area (Å²) < 4.78 is 5.42. The number of carbonyl (C=O) groups is 2. The number of rotatable bonds is 0. The average Bonchev–Trinajstić information content (AvgIpc) is 2.69. The van der Waals surface area contributed by atoms with E-state index in [1.165, 1.54) is 0 Å². The molecule has 3 rings (SSSR count). The summed E-state index contributed by atoms with van der Waals surface area (Å²) >= 11 is 0. The summed E-state index contributed by atoms with van der Waals surface area (Å²) in [4.78, 5) is 23.9. The van der Waals surface area contributed by atoms with E-state index >= 15 is 0 Å². The van der Waals surface area contributed by atoms with Crippen LogP contribution in [0.25, 0.3) is 0 Å². The lowest BCUT2D eigenvalue weighted by atomic mass is 9.70. The van der Waals surface area contributed by atoms with Gasteiger partial charge in [-0.15, -0.1) is 0 Å². The third-order valence-corrected chi connectivity index (χ3v) is 5.49. The molecule has 2 aliphatic carbocycles. The highest BCUT2D eigenvalue weighted by molar-refractivity contribution is 5.92. The van der Waals surface area contributed by atoms with Gasteiger partial charge < -0.3 is 4.74 Å². The van der Waals surface area contributed by atoms with E-state index in [2.05, 4.69) is 20.4 Å². The second kappa shape index (κ2) is 3.69. The van der Waals surface area contributed by atoms with E-state index < -0.39 is 0 Å². The van der Waals surface area contributed by atoms with Crippen LogP contribution in [-0.4, -0.2) is 17.9 Å². The summed E-state index contributed by atoms with van der Waals surface area (Å²) in [6.07, 6.45) is 3.27. The van der Waals surface area contributed by atoms with Gasteiger partial charge in [-0.25, -0.2) is 4.79 Å². The molecule has 0 N–H and O–H groups in total. The molecule has 0 unspecified atom stereocenters. The number of hydrogen-bond acceptors (Lipinski definition) is 3. The number of carbonyl (C=O) groups excluding carboxylic acids is 2.